The van der Waals surface area contributed by atoms with Crippen LogP contribution < -0.4 is 15.5 Å². The molecule has 0 aromatic heterocycles. The topological polar surface area (TPSA) is 80.5 Å². The zero-order valence-corrected chi connectivity index (χ0v) is 11.9. The number of nitrogens with zero attached hydrogens (tertiary/aromatic N) is 3. The highest BCUT2D eigenvalue weighted by atomic mass is 32.2. The van der Waals surface area contributed by atoms with E-state index in [0.717, 1.165) is 12.2 Å². The van der Waals surface area contributed by atoms with Gasteiger partial charge in [-0.2, -0.15) is 5.26 Å². The summed E-state index contributed by atoms with van der Waals surface area (Å²) in [4.78, 5) is 17.9. The number of hydrogen-bond acceptors (Lipinski definition) is 5. The van der Waals surface area contributed by atoms with E-state index in [1.807, 2.05) is 36.7 Å². The Morgan fingerprint density at radius 3 is 3.15 bits per heavy atom. The number of carbonyl (C=O) groups excluding carboxylic acids is 1. The van der Waals surface area contributed by atoms with Gasteiger partial charge in [0.2, 0.25) is 5.91 Å². The number of benzene rings is 1. The number of hydrogen-bond donors (Lipinski definition) is 2. The SMILES string of the molecule is CSC(=Nc1cccc(N2CCNCC2=O)c1)NC#N. The second-order valence-electron chi connectivity index (χ2n) is 4.10. The molecule has 1 aliphatic heterocycles. The van der Waals surface area contributed by atoms with Crippen LogP contribution in [0.4, 0.5) is 11.4 Å². The van der Waals surface area contributed by atoms with Crippen molar-refractivity contribution >= 4 is 34.2 Å². The van der Waals surface area contributed by atoms with E-state index in [4.69, 9.17) is 5.26 Å². The Hall–Kier alpha value is -2.04. The van der Waals surface area contributed by atoms with Gasteiger partial charge >= 0.3 is 0 Å². The van der Waals surface area contributed by atoms with E-state index < -0.39 is 0 Å². The molecule has 20 heavy (non-hydrogen) atoms. The maximum absolute atomic E-state index is 11.9. The molecule has 104 valence electrons. The molecule has 1 aliphatic rings. The van der Waals surface area contributed by atoms with Crippen LogP contribution in [0.25, 0.3) is 0 Å². The Balaban J connectivity index is 2.23. The number of piperazine rings is 1. The van der Waals surface area contributed by atoms with Gasteiger partial charge in [0.1, 0.15) is 0 Å². The highest BCUT2D eigenvalue weighted by molar-refractivity contribution is 8.13. The molecule has 1 heterocycles. The molecule has 0 radical (unpaired) electrons. The molecule has 0 atom stereocenters. The molecule has 6 nitrogen and oxygen atoms in total. The third-order valence-electron chi connectivity index (χ3n) is 2.82. The second kappa shape index (κ2) is 6.93. The molecule has 0 spiro atoms. The van der Waals surface area contributed by atoms with E-state index in [9.17, 15) is 4.79 Å². The van der Waals surface area contributed by atoms with Crippen LogP contribution in [0, 0.1) is 11.5 Å². The predicted octanol–water partition coefficient (Wildman–Crippen LogP) is 1.04. The molecule has 1 aromatic rings. The van der Waals surface area contributed by atoms with Gasteiger partial charge in [-0.05, 0) is 24.5 Å². The van der Waals surface area contributed by atoms with E-state index in [1.54, 1.807) is 4.90 Å². The van der Waals surface area contributed by atoms with E-state index in [-0.39, 0.29) is 5.91 Å². The summed E-state index contributed by atoms with van der Waals surface area (Å²) in [7, 11) is 0. The lowest BCUT2D eigenvalue weighted by Crippen LogP contribution is -2.48. The van der Waals surface area contributed by atoms with E-state index in [0.29, 0.717) is 23.9 Å². The fraction of sp³-hybridized carbons (Fsp3) is 0.308. The van der Waals surface area contributed by atoms with Crippen LogP contribution in [0.2, 0.25) is 0 Å². The molecule has 7 heteroatoms. The molecule has 2 N–H and O–H groups in total. The first-order chi connectivity index (χ1) is 9.74. The summed E-state index contributed by atoms with van der Waals surface area (Å²) in [6.07, 6.45) is 3.69. The van der Waals surface area contributed by atoms with Gasteiger partial charge in [0.15, 0.2) is 11.4 Å². The fourth-order valence-electron chi connectivity index (χ4n) is 1.90. The molecular formula is C13H15N5OS. The lowest BCUT2D eigenvalue weighted by atomic mass is 10.2. The molecule has 0 saturated carbocycles. The third-order valence-corrected chi connectivity index (χ3v) is 3.40. The molecule has 1 fully saturated rings. The lowest BCUT2D eigenvalue weighted by Gasteiger charge is -2.27. The molecule has 2 rings (SSSR count). The van der Waals surface area contributed by atoms with Gasteiger partial charge in [-0.1, -0.05) is 17.8 Å². The minimum absolute atomic E-state index is 0.0534. The zero-order valence-electron chi connectivity index (χ0n) is 11.1. The van der Waals surface area contributed by atoms with Crippen molar-refractivity contribution in [2.24, 2.45) is 4.99 Å². The first-order valence-corrected chi connectivity index (χ1v) is 7.36. The van der Waals surface area contributed by atoms with Gasteiger partial charge in [0.05, 0.1) is 12.2 Å². The number of anilines is 1. The van der Waals surface area contributed by atoms with E-state index >= 15 is 0 Å². The molecule has 1 amide bonds. The average molecular weight is 289 g/mol. The number of amidine groups is 1. The van der Waals surface area contributed by atoms with Crippen LogP contribution in [0.1, 0.15) is 0 Å². The molecule has 1 saturated heterocycles. The Morgan fingerprint density at radius 2 is 2.45 bits per heavy atom. The molecule has 0 aliphatic carbocycles. The second-order valence-corrected chi connectivity index (χ2v) is 4.89. The van der Waals surface area contributed by atoms with Gasteiger partial charge in [0, 0.05) is 18.8 Å². The number of aliphatic imine (C=N–C) groups is 1. The van der Waals surface area contributed by atoms with Gasteiger partial charge in [-0.3, -0.25) is 10.1 Å². The summed E-state index contributed by atoms with van der Waals surface area (Å²) in [5.41, 5.74) is 1.54. The molecule has 0 unspecified atom stereocenters. The maximum Gasteiger partial charge on any atom is 0.240 e. The fourth-order valence-corrected chi connectivity index (χ4v) is 2.24. The van der Waals surface area contributed by atoms with Crippen molar-refractivity contribution in [3.05, 3.63) is 24.3 Å². The number of nitrogens with one attached hydrogen (secondary N) is 2. The summed E-state index contributed by atoms with van der Waals surface area (Å²) in [5.74, 6) is 0.0534. The minimum atomic E-state index is 0.0534. The summed E-state index contributed by atoms with van der Waals surface area (Å²) in [5, 5.41) is 14.7. The van der Waals surface area contributed by atoms with Crippen LogP contribution in [-0.2, 0) is 4.79 Å². The smallest absolute Gasteiger partial charge is 0.240 e. The standard InChI is InChI=1S/C13H15N5OS/c1-20-13(16-9-14)17-10-3-2-4-11(7-10)18-6-5-15-8-12(18)19/h2-4,7,15H,5-6,8H2,1H3,(H,16,17). The van der Waals surface area contributed by atoms with Gasteiger partial charge in [-0.15, -0.1) is 0 Å². The van der Waals surface area contributed by atoms with Crippen molar-refractivity contribution in [3.63, 3.8) is 0 Å². The summed E-state index contributed by atoms with van der Waals surface area (Å²) < 4.78 is 0. The van der Waals surface area contributed by atoms with Crippen molar-refractivity contribution in [3.8, 4) is 6.19 Å². The van der Waals surface area contributed by atoms with Crippen molar-refractivity contribution in [1.29, 1.82) is 5.26 Å². The van der Waals surface area contributed by atoms with E-state index in [2.05, 4.69) is 15.6 Å². The Labute approximate surface area is 121 Å². The molecule has 1 aromatic carbocycles. The predicted molar refractivity (Wildman–Crippen MR) is 81.0 cm³/mol. The monoisotopic (exact) mass is 289 g/mol. The summed E-state index contributed by atoms with van der Waals surface area (Å²) >= 11 is 1.36. The normalized spacial score (nSPS) is 15.9. The Bertz CT molecular complexity index is 566. The first-order valence-electron chi connectivity index (χ1n) is 6.13. The number of thioether (sulfide) groups is 1. The minimum Gasteiger partial charge on any atom is -0.310 e. The number of rotatable bonds is 2. The first kappa shape index (κ1) is 14.4. The molecular weight excluding hydrogens is 274 g/mol. The van der Waals surface area contributed by atoms with Gasteiger partial charge < -0.3 is 10.2 Å². The number of amides is 1. The quantitative estimate of drug-likeness (QED) is 0.368. The van der Waals surface area contributed by atoms with Crippen molar-refractivity contribution in [2.75, 3.05) is 30.8 Å². The number of carbonyl (C=O) groups is 1. The van der Waals surface area contributed by atoms with E-state index in [1.165, 1.54) is 11.8 Å². The van der Waals surface area contributed by atoms with Crippen molar-refractivity contribution in [1.82, 2.24) is 10.6 Å². The van der Waals surface area contributed by atoms with Crippen LogP contribution in [-0.4, -0.2) is 37.0 Å². The van der Waals surface area contributed by atoms with Crippen LogP contribution >= 0.6 is 11.8 Å². The Morgan fingerprint density at radius 1 is 1.60 bits per heavy atom. The zero-order chi connectivity index (χ0) is 14.4. The highest BCUT2D eigenvalue weighted by Gasteiger charge is 2.19. The largest absolute Gasteiger partial charge is 0.310 e. The lowest BCUT2D eigenvalue weighted by molar-refractivity contribution is -0.118. The third kappa shape index (κ3) is 3.50. The maximum atomic E-state index is 11.9. The summed E-state index contributed by atoms with van der Waals surface area (Å²) in [6.45, 7) is 1.79. The van der Waals surface area contributed by atoms with Crippen molar-refractivity contribution < 1.29 is 4.79 Å². The van der Waals surface area contributed by atoms with Crippen LogP contribution in [0.5, 0.6) is 0 Å². The van der Waals surface area contributed by atoms with Crippen LogP contribution in [0.3, 0.4) is 0 Å². The Kier molecular flexibility index (Phi) is 4.98. The van der Waals surface area contributed by atoms with Gasteiger partial charge in [0.25, 0.3) is 0 Å². The van der Waals surface area contributed by atoms with Crippen LogP contribution in [0.15, 0.2) is 29.3 Å². The average Bonchev–Trinajstić information content (AvgIpc) is 2.47. The van der Waals surface area contributed by atoms with Gasteiger partial charge in [-0.25, -0.2) is 4.99 Å². The van der Waals surface area contributed by atoms with Crippen molar-refractivity contribution in [2.45, 2.75) is 0 Å². The number of nitriles is 1. The summed E-state index contributed by atoms with van der Waals surface area (Å²) in [6, 6.07) is 7.43. The molecule has 0 bridgehead atoms. The highest BCUT2D eigenvalue weighted by Crippen LogP contribution is 2.23.